The first-order valence-electron chi connectivity index (χ1n) is 5.09. The number of pyridine rings is 1. The molecule has 1 fully saturated rings. The number of methoxy groups -OCH3 is 1. The molecule has 6 nitrogen and oxygen atoms in total. The zero-order valence-electron chi connectivity index (χ0n) is 9.00. The third kappa shape index (κ3) is 2.11. The summed E-state index contributed by atoms with van der Waals surface area (Å²) in [5, 5.41) is 10.4. The summed E-state index contributed by atoms with van der Waals surface area (Å²) < 4.78 is 5.25. The van der Waals surface area contributed by atoms with Crippen LogP contribution in [0, 0.1) is 10.1 Å². The van der Waals surface area contributed by atoms with Gasteiger partial charge in [-0.15, -0.1) is 0 Å². The molecule has 0 N–H and O–H groups in total. The molecule has 0 saturated carbocycles. The van der Waals surface area contributed by atoms with Gasteiger partial charge in [-0.05, 0) is 22.4 Å². The summed E-state index contributed by atoms with van der Waals surface area (Å²) >= 11 is 0. The molecule has 2 heterocycles. The number of hydrogen-bond acceptors (Lipinski definition) is 5. The zero-order valence-corrected chi connectivity index (χ0v) is 9.00. The van der Waals surface area contributed by atoms with Crippen LogP contribution in [0.15, 0.2) is 18.3 Å². The highest BCUT2D eigenvalue weighted by atomic mass is 16.6. The maximum Gasteiger partial charge on any atom is 0.363 e. The number of nitro groups is 1. The van der Waals surface area contributed by atoms with Crippen molar-refractivity contribution in [3.63, 3.8) is 0 Å². The topological polar surface area (TPSA) is 68.5 Å². The smallest absolute Gasteiger partial charge is 0.363 e. The van der Waals surface area contributed by atoms with Gasteiger partial charge in [-0.2, -0.15) is 0 Å². The highest BCUT2D eigenvalue weighted by molar-refractivity contribution is 5.47. The lowest BCUT2D eigenvalue weighted by Crippen LogP contribution is -2.22. The Balaban J connectivity index is 2.08. The van der Waals surface area contributed by atoms with Crippen LogP contribution in [0.5, 0.6) is 0 Å². The van der Waals surface area contributed by atoms with Crippen LogP contribution in [0.3, 0.4) is 0 Å². The molecular formula is C10H13N3O3. The maximum absolute atomic E-state index is 10.4. The van der Waals surface area contributed by atoms with Crippen molar-refractivity contribution in [3.8, 4) is 0 Å². The van der Waals surface area contributed by atoms with Gasteiger partial charge < -0.3 is 19.8 Å². The van der Waals surface area contributed by atoms with E-state index < -0.39 is 4.92 Å². The predicted molar refractivity (Wildman–Crippen MR) is 58.5 cm³/mol. The fourth-order valence-corrected chi connectivity index (χ4v) is 1.83. The molecule has 2 rings (SSSR count). The Morgan fingerprint density at radius 1 is 1.62 bits per heavy atom. The summed E-state index contributed by atoms with van der Waals surface area (Å²) in [5.41, 5.74) is 0.908. The van der Waals surface area contributed by atoms with Crippen LogP contribution in [0.25, 0.3) is 0 Å². The van der Waals surface area contributed by atoms with Crippen LogP contribution in [0.2, 0.25) is 0 Å². The van der Waals surface area contributed by atoms with Crippen LogP contribution in [-0.2, 0) is 4.74 Å². The standard InChI is InChI=1S/C10H13N3O3/c1-16-9-4-5-12(7-9)8-2-3-10(11-6-8)13(14)15/h2-3,6,9H,4-5,7H2,1H3. The Kier molecular flexibility index (Phi) is 3.00. The second-order valence-corrected chi connectivity index (χ2v) is 3.72. The van der Waals surface area contributed by atoms with Crippen molar-refractivity contribution in [2.24, 2.45) is 0 Å². The molecule has 1 aromatic rings. The van der Waals surface area contributed by atoms with E-state index in [4.69, 9.17) is 4.74 Å². The lowest BCUT2D eigenvalue weighted by Gasteiger charge is -2.16. The minimum absolute atomic E-state index is 0.119. The fourth-order valence-electron chi connectivity index (χ4n) is 1.83. The predicted octanol–water partition coefficient (Wildman–Crippen LogP) is 1.21. The first-order valence-corrected chi connectivity index (χ1v) is 5.09. The number of ether oxygens (including phenoxy) is 1. The van der Waals surface area contributed by atoms with E-state index >= 15 is 0 Å². The molecule has 6 heteroatoms. The molecule has 1 aromatic heterocycles. The highest BCUT2D eigenvalue weighted by Gasteiger charge is 2.23. The first-order chi connectivity index (χ1) is 7.70. The van der Waals surface area contributed by atoms with Crippen LogP contribution in [0.1, 0.15) is 6.42 Å². The molecule has 1 aliphatic heterocycles. The fraction of sp³-hybridized carbons (Fsp3) is 0.500. The molecule has 1 unspecified atom stereocenters. The molecule has 0 radical (unpaired) electrons. The minimum atomic E-state index is -0.494. The van der Waals surface area contributed by atoms with Gasteiger partial charge in [0.2, 0.25) is 0 Å². The van der Waals surface area contributed by atoms with E-state index in [-0.39, 0.29) is 11.9 Å². The van der Waals surface area contributed by atoms with Gasteiger partial charge in [0.1, 0.15) is 0 Å². The third-order valence-corrected chi connectivity index (χ3v) is 2.76. The van der Waals surface area contributed by atoms with Gasteiger partial charge in [-0.3, -0.25) is 0 Å². The van der Waals surface area contributed by atoms with Crippen LogP contribution >= 0.6 is 0 Å². The summed E-state index contributed by atoms with van der Waals surface area (Å²) in [5.74, 6) is -0.119. The van der Waals surface area contributed by atoms with E-state index in [9.17, 15) is 10.1 Å². The van der Waals surface area contributed by atoms with Crippen LogP contribution < -0.4 is 4.90 Å². The van der Waals surface area contributed by atoms with Crippen molar-refractivity contribution < 1.29 is 9.66 Å². The second kappa shape index (κ2) is 4.44. The average Bonchev–Trinajstić information content (AvgIpc) is 2.77. The molecule has 16 heavy (non-hydrogen) atoms. The summed E-state index contributed by atoms with van der Waals surface area (Å²) in [7, 11) is 1.70. The van der Waals surface area contributed by atoms with Crippen LogP contribution in [0.4, 0.5) is 11.5 Å². The van der Waals surface area contributed by atoms with E-state index in [2.05, 4.69) is 9.88 Å². The van der Waals surface area contributed by atoms with Crippen molar-refractivity contribution in [2.75, 3.05) is 25.1 Å². The van der Waals surface area contributed by atoms with Gasteiger partial charge in [0.05, 0.1) is 11.8 Å². The second-order valence-electron chi connectivity index (χ2n) is 3.72. The number of anilines is 1. The number of aromatic nitrogens is 1. The SMILES string of the molecule is COC1CCN(c2ccc([N+](=O)[O-])nc2)C1. The Bertz CT molecular complexity index is 379. The molecule has 1 saturated heterocycles. The third-order valence-electron chi connectivity index (χ3n) is 2.76. The minimum Gasteiger partial charge on any atom is -0.380 e. The van der Waals surface area contributed by atoms with Crippen molar-refractivity contribution >= 4 is 11.5 Å². The van der Waals surface area contributed by atoms with E-state index in [0.717, 1.165) is 25.2 Å². The zero-order chi connectivity index (χ0) is 11.5. The number of rotatable bonds is 3. The van der Waals surface area contributed by atoms with Gasteiger partial charge in [0.15, 0.2) is 6.20 Å². The lowest BCUT2D eigenvalue weighted by molar-refractivity contribution is -0.389. The highest BCUT2D eigenvalue weighted by Crippen LogP contribution is 2.22. The van der Waals surface area contributed by atoms with E-state index in [1.165, 1.54) is 12.3 Å². The Morgan fingerprint density at radius 2 is 2.44 bits per heavy atom. The molecule has 86 valence electrons. The summed E-state index contributed by atoms with van der Waals surface area (Å²) in [4.78, 5) is 15.9. The molecule has 0 spiro atoms. The van der Waals surface area contributed by atoms with E-state index in [1.54, 1.807) is 13.2 Å². The van der Waals surface area contributed by atoms with Crippen LogP contribution in [-0.4, -0.2) is 36.2 Å². The first kappa shape index (κ1) is 10.8. The monoisotopic (exact) mass is 223 g/mol. The molecule has 1 aliphatic rings. The molecular weight excluding hydrogens is 210 g/mol. The van der Waals surface area contributed by atoms with E-state index in [1.807, 2.05) is 0 Å². The molecule has 0 bridgehead atoms. The van der Waals surface area contributed by atoms with Crippen molar-refractivity contribution in [1.29, 1.82) is 0 Å². The van der Waals surface area contributed by atoms with Gasteiger partial charge >= 0.3 is 5.82 Å². The number of nitrogens with zero attached hydrogens (tertiary/aromatic N) is 3. The molecule has 1 atom stereocenters. The largest absolute Gasteiger partial charge is 0.380 e. The Hall–Kier alpha value is -1.69. The van der Waals surface area contributed by atoms with Gasteiger partial charge in [-0.1, -0.05) is 0 Å². The maximum atomic E-state index is 10.4. The van der Waals surface area contributed by atoms with Crippen molar-refractivity contribution in [1.82, 2.24) is 4.98 Å². The van der Waals surface area contributed by atoms with Crippen molar-refractivity contribution in [2.45, 2.75) is 12.5 Å². The summed E-state index contributed by atoms with van der Waals surface area (Å²) in [6.07, 6.45) is 2.76. The quantitative estimate of drug-likeness (QED) is 0.569. The Labute approximate surface area is 93.0 Å². The van der Waals surface area contributed by atoms with Gasteiger partial charge in [-0.25, -0.2) is 0 Å². The van der Waals surface area contributed by atoms with Gasteiger partial charge in [0, 0.05) is 26.3 Å². The van der Waals surface area contributed by atoms with E-state index in [0.29, 0.717) is 0 Å². The summed E-state index contributed by atoms with van der Waals surface area (Å²) in [6, 6.07) is 3.15. The average molecular weight is 223 g/mol. The molecule has 0 aliphatic carbocycles. The Morgan fingerprint density at radius 3 is 2.94 bits per heavy atom. The number of hydrogen-bond donors (Lipinski definition) is 0. The van der Waals surface area contributed by atoms with Crippen molar-refractivity contribution in [3.05, 3.63) is 28.4 Å². The lowest BCUT2D eigenvalue weighted by atomic mass is 10.3. The normalized spacial score (nSPS) is 20.1. The van der Waals surface area contributed by atoms with Gasteiger partial charge in [0.25, 0.3) is 0 Å². The molecule has 0 amide bonds. The summed E-state index contributed by atoms with van der Waals surface area (Å²) in [6.45, 7) is 1.72. The molecule has 0 aromatic carbocycles.